The van der Waals surface area contributed by atoms with Gasteiger partial charge in [0.15, 0.2) is 0 Å². The number of piperazine rings is 1. The van der Waals surface area contributed by atoms with Crippen LogP contribution in [0.2, 0.25) is 0 Å². The first-order valence-corrected chi connectivity index (χ1v) is 6.94. The number of amides is 1. The van der Waals surface area contributed by atoms with Crippen LogP contribution < -0.4 is 5.73 Å². The molecule has 1 aliphatic heterocycles. The van der Waals surface area contributed by atoms with Gasteiger partial charge in [0.25, 0.3) is 0 Å². The molecule has 1 unspecified atom stereocenters. The van der Waals surface area contributed by atoms with Crippen LogP contribution in [0.5, 0.6) is 0 Å². The molecule has 18 heavy (non-hydrogen) atoms. The lowest BCUT2D eigenvalue weighted by molar-refractivity contribution is -0.137. The highest BCUT2D eigenvalue weighted by Gasteiger charge is 2.25. The van der Waals surface area contributed by atoms with Crippen molar-refractivity contribution in [2.75, 3.05) is 59.9 Å². The van der Waals surface area contributed by atoms with E-state index in [9.17, 15) is 4.79 Å². The third-order valence-corrected chi connectivity index (χ3v) is 3.67. The van der Waals surface area contributed by atoms with E-state index in [1.165, 1.54) is 0 Å². The topological polar surface area (TPSA) is 52.8 Å². The molecule has 0 aliphatic carbocycles. The summed E-state index contributed by atoms with van der Waals surface area (Å²) in [6, 6.07) is 0. The van der Waals surface area contributed by atoms with Crippen molar-refractivity contribution in [3.05, 3.63) is 0 Å². The minimum Gasteiger partial charge on any atom is -0.340 e. The normalized spacial score (nSPS) is 19.3. The van der Waals surface area contributed by atoms with E-state index in [0.29, 0.717) is 6.54 Å². The molecule has 0 spiro atoms. The lowest BCUT2D eigenvalue weighted by atomic mass is 10.0. The van der Waals surface area contributed by atoms with Crippen molar-refractivity contribution in [1.82, 2.24) is 14.7 Å². The van der Waals surface area contributed by atoms with Crippen LogP contribution in [0.4, 0.5) is 0 Å². The van der Waals surface area contributed by atoms with Gasteiger partial charge in [-0.1, -0.05) is 6.92 Å². The quantitative estimate of drug-likeness (QED) is 0.707. The Bertz CT molecular complexity index is 245. The van der Waals surface area contributed by atoms with Gasteiger partial charge in [0.05, 0.1) is 5.92 Å². The predicted molar refractivity (Wildman–Crippen MR) is 74.4 cm³/mol. The summed E-state index contributed by atoms with van der Waals surface area (Å²) >= 11 is 0. The minimum absolute atomic E-state index is 0.0123. The second kappa shape index (κ2) is 7.71. The summed E-state index contributed by atoms with van der Waals surface area (Å²) in [5, 5.41) is 0. The smallest absolute Gasteiger partial charge is 0.227 e. The Hall–Kier alpha value is -0.650. The largest absolute Gasteiger partial charge is 0.340 e. The molecule has 5 heteroatoms. The van der Waals surface area contributed by atoms with Gasteiger partial charge in [0.2, 0.25) is 5.91 Å². The summed E-state index contributed by atoms with van der Waals surface area (Å²) in [7, 11) is 4.18. The highest BCUT2D eigenvalue weighted by atomic mass is 16.2. The van der Waals surface area contributed by atoms with Gasteiger partial charge >= 0.3 is 0 Å². The summed E-state index contributed by atoms with van der Waals surface area (Å²) in [6.07, 6.45) is 0.843. The fourth-order valence-electron chi connectivity index (χ4n) is 2.23. The van der Waals surface area contributed by atoms with Crippen LogP contribution in [0.25, 0.3) is 0 Å². The number of likely N-dealkylation sites (N-methyl/N-ethyl adjacent to an activating group) is 1. The second-order valence-corrected chi connectivity index (χ2v) is 5.31. The number of nitrogens with zero attached hydrogens (tertiary/aromatic N) is 3. The zero-order chi connectivity index (χ0) is 13.5. The summed E-state index contributed by atoms with van der Waals surface area (Å²) in [5.41, 5.74) is 5.64. The standard InChI is InChI=1S/C13H28N4O/c1-4-12(11-14)13(18)17-9-7-16(8-10-17)6-5-15(2)3/h12H,4-11,14H2,1-3H3. The number of hydrogen-bond donors (Lipinski definition) is 1. The third-order valence-electron chi connectivity index (χ3n) is 3.67. The molecule has 0 saturated carbocycles. The number of carbonyl (C=O) groups is 1. The fourth-order valence-corrected chi connectivity index (χ4v) is 2.23. The van der Waals surface area contributed by atoms with Crippen molar-refractivity contribution < 1.29 is 4.79 Å². The molecule has 1 rings (SSSR count). The molecular formula is C13H28N4O. The number of hydrogen-bond acceptors (Lipinski definition) is 4. The molecule has 0 aromatic heterocycles. The van der Waals surface area contributed by atoms with Crippen LogP contribution in [0.15, 0.2) is 0 Å². The molecule has 1 aliphatic rings. The van der Waals surface area contributed by atoms with E-state index >= 15 is 0 Å². The van der Waals surface area contributed by atoms with E-state index in [4.69, 9.17) is 5.73 Å². The van der Waals surface area contributed by atoms with Gasteiger partial charge in [-0.2, -0.15) is 0 Å². The van der Waals surface area contributed by atoms with Gasteiger partial charge in [-0.05, 0) is 20.5 Å². The molecule has 1 atom stereocenters. The van der Waals surface area contributed by atoms with E-state index in [1.54, 1.807) is 0 Å². The Labute approximate surface area is 111 Å². The first-order chi connectivity index (χ1) is 8.58. The molecule has 2 N–H and O–H groups in total. The third kappa shape index (κ3) is 4.55. The van der Waals surface area contributed by atoms with Crippen LogP contribution in [-0.2, 0) is 4.79 Å². The van der Waals surface area contributed by atoms with Crippen LogP contribution >= 0.6 is 0 Å². The van der Waals surface area contributed by atoms with Crippen LogP contribution in [0.1, 0.15) is 13.3 Å². The first kappa shape index (κ1) is 15.4. The Morgan fingerprint density at radius 3 is 2.33 bits per heavy atom. The Morgan fingerprint density at radius 2 is 1.89 bits per heavy atom. The first-order valence-electron chi connectivity index (χ1n) is 6.94. The Balaban J connectivity index is 2.32. The number of rotatable bonds is 6. The van der Waals surface area contributed by atoms with Crippen molar-refractivity contribution in [3.63, 3.8) is 0 Å². The predicted octanol–water partition coefficient (Wildman–Crippen LogP) is -0.323. The van der Waals surface area contributed by atoms with E-state index in [1.807, 2.05) is 11.8 Å². The van der Waals surface area contributed by atoms with E-state index in [-0.39, 0.29) is 11.8 Å². The molecule has 1 saturated heterocycles. The lowest BCUT2D eigenvalue weighted by Crippen LogP contribution is -2.52. The summed E-state index contributed by atoms with van der Waals surface area (Å²) in [4.78, 5) is 18.7. The second-order valence-electron chi connectivity index (χ2n) is 5.31. The maximum Gasteiger partial charge on any atom is 0.227 e. The van der Waals surface area contributed by atoms with Gasteiger partial charge < -0.3 is 15.5 Å². The average molecular weight is 256 g/mol. The molecule has 5 nitrogen and oxygen atoms in total. The molecule has 106 valence electrons. The maximum absolute atomic E-state index is 12.2. The molecule has 0 bridgehead atoms. The zero-order valence-electron chi connectivity index (χ0n) is 12.1. The van der Waals surface area contributed by atoms with E-state index in [0.717, 1.165) is 45.7 Å². The monoisotopic (exact) mass is 256 g/mol. The molecule has 1 fully saturated rings. The zero-order valence-corrected chi connectivity index (χ0v) is 12.1. The summed E-state index contributed by atoms with van der Waals surface area (Å²) < 4.78 is 0. The highest BCUT2D eigenvalue weighted by molar-refractivity contribution is 5.79. The van der Waals surface area contributed by atoms with Crippen molar-refractivity contribution in [3.8, 4) is 0 Å². The van der Waals surface area contributed by atoms with E-state index in [2.05, 4.69) is 23.9 Å². The van der Waals surface area contributed by atoms with Gasteiger partial charge in [0, 0.05) is 45.8 Å². The molecule has 0 radical (unpaired) electrons. The highest BCUT2D eigenvalue weighted by Crippen LogP contribution is 2.09. The summed E-state index contributed by atoms with van der Waals surface area (Å²) in [6.45, 7) is 8.34. The van der Waals surface area contributed by atoms with Crippen molar-refractivity contribution in [2.45, 2.75) is 13.3 Å². The van der Waals surface area contributed by atoms with Gasteiger partial charge in [-0.3, -0.25) is 9.69 Å². The number of nitrogens with two attached hydrogens (primary N) is 1. The van der Waals surface area contributed by atoms with Crippen LogP contribution in [-0.4, -0.2) is 80.5 Å². The lowest BCUT2D eigenvalue weighted by Gasteiger charge is -2.36. The molecule has 1 amide bonds. The average Bonchev–Trinajstić information content (AvgIpc) is 2.38. The van der Waals surface area contributed by atoms with Crippen LogP contribution in [0, 0.1) is 5.92 Å². The molecule has 1 heterocycles. The van der Waals surface area contributed by atoms with Gasteiger partial charge in [-0.25, -0.2) is 0 Å². The number of carbonyl (C=O) groups excluding carboxylic acids is 1. The van der Waals surface area contributed by atoms with Gasteiger partial charge in [-0.15, -0.1) is 0 Å². The van der Waals surface area contributed by atoms with E-state index < -0.39 is 0 Å². The van der Waals surface area contributed by atoms with Crippen molar-refractivity contribution in [1.29, 1.82) is 0 Å². The van der Waals surface area contributed by atoms with Crippen molar-refractivity contribution in [2.24, 2.45) is 11.7 Å². The minimum atomic E-state index is 0.0123. The molecule has 0 aromatic carbocycles. The molecular weight excluding hydrogens is 228 g/mol. The van der Waals surface area contributed by atoms with Gasteiger partial charge in [0.1, 0.15) is 0 Å². The molecule has 0 aromatic rings. The Morgan fingerprint density at radius 1 is 1.28 bits per heavy atom. The Kier molecular flexibility index (Phi) is 6.60. The van der Waals surface area contributed by atoms with Crippen molar-refractivity contribution >= 4 is 5.91 Å². The summed E-state index contributed by atoms with van der Waals surface area (Å²) in [5.74, 6) is 0.255. The van der Waals surface area contributed by atoms with Crippen LogP contribution in [0.3, 0.4) is 0 Å². The SMILES string of the molecule is CCC(CN)C(=O)N1CCN(CCN(C)C)CC1. The maximum atomic E-state index is 12.2. The fraction of sp³-hybridized carbons (Fsp3) is 0.923.